The summed E-state index contributed by atoms with van der Waals surface area (Å²) in [5, 5.41) is 12.8. The van der Waals surface area contributed by atoms with Gasteiger partial charge < -0.3 is 15.7 Å². The fraction of sp³-hybridized carbons (Fsp3) is 0.667. The molecule has 1 aliphatic rings. The van der Waals surface area contributed by atoms with Crippen LogP contribution in [0.5, 0.6) is 0 Å². The van der Waals surface area contributed by atoms with Gasteiger partial charge in [0.1, 0.15) is 6.04 Å². The van der Waals surface area contributed by atoms with Gasteiger partial charge in [-0.25, -0.2) is 9.59 Å². The van der Waals surface area contributed by atoms with Gasteiger partial charge in [0.2, 0.25) is 0 Å². The van der Waals surface area contributed by atoms with Gasteiger partial charge in [0.05, 0.1) is 6.54 Å². The van der Waals surface area contributed by atoms with Crippen LogP contribution in [0, 0.1) is 0 Å². The molecule has 3 N–H and O–H groups in total. The number of carbonyl (C=O) groups is 2. The maximum atomic E-state index is 10.3. The molecule has 0 aliphatic carbocycles. The highest BCUT2D eigenvalue weighted by molar-refractivity contribution is 5.86. The van der Waals surface area contributed by atoms with Crippen molar-refractivity contribution in [2.45, 2.75) is 19.9 Å². The van der Waals surface area contributed by atoms with Gasteiger partial charge in [-0.15, -0.1) is 0 Å². The molecule has 0 aromatic carbocycles. The van der Waals surface area contributed by atoms with Crippen LogP contribution in [-0.2, 0) is 4.79 Å². The van der Waals surface area contributed by atoms with Gasteiger partial charge in [-0.2, -0.15) is 0 Å². The van der Waals surface area contributed by atoms with Crippen LogP contribution in [0.1, 0.15) is 13.8 Å². The summed E-state index contributed by atoms with van der Waals surface area (Å²) in [6, 6.07) is -1.17. The van der Waals surface area contributed by atoms with Gasteiger partial charge in [0.25, 0.3) is 0 Å². The summed E-state index contributed by atoms with van der Waals surface area (Å²) in [7, 11) is 0. The van der Waals surface area contributed by atoms with Gasteiger partial charge in [-0.3, -0.25) is 0 Å². The van der Waals surface area contributed by atoms with Gasteiger partial charge in [-0.05, 0) is 0 Å². The Morgan fingerprint density at radius 3 is 2.36 bits per heavy atom. The van der Waals surface area contributed by atoms with Crippen molar-refractivity contribution < 1.29 is 14.7 Å². The molecule has 5 heteroatoms. The maximum Gasteiger partial charge on any atom is 0.328 e. The van der Waals surface area contributed by atoms with Crippen LogP contribution < -0.4 is 10.6 Å². The van der Waals surface area contributed by atoms with Crippen molar-refractivity contribution in [3.8, 4) is 0 Å². The summed E-state index contributed by atoms with van der Waals surface area (Å²) < 4.78 is 0. The number of hydrogen-bond acceptors (Lipinski definition) is 2. The third-order valence-corrected chi connectivity index (χ3v) is 1.07. The maximum absolute atomic E-state index is 10.3. The van der Waals surface area contributed by atoms with Gasteiger partial charge in [0.15, 0.2) is 0 Å². The van der Waals surface area contributed by atoms with E-state index in [0.29, 0.717) is 0 Å². The lowest BCUT2D eigenvalue weighted by Crippen LogP contribution is -2.33. The van der Waals surface area contributed by atoms with E-state index in [1.807, 2.05) is 13.8 Å². The van der Waals surface area contributed by atoms with E-state index in [1.54, 1.807) is 0 Å². The van der Waals surface area contributed by atoms with E-state index in [-0.39, 0.29) is 6.54 Å². The number of carbonyl (C=O) groups excluding carboxylic acids is 1. The van der Waals surface area contributed by atoms with Crippen LogP contribution in [0.2, 0.25) is 0 Å². The number of urea groups is 1. The summed E-state index contributed by atoms with van der Waals surface area (Å²) in [6.45, 7) is 4.17. The minimum absolute atomic E-state index is 0.175. The molecular formula is C6H12N2O3. The number of carboxylic acids is 1. The average Bonchev–Trinajstić information content (AvgIpc) is 2.40. The highest BCUT2D eigenvalue weighted by Crippen LogP contribution is 1.88. The minimum atomic E-state index is -1.01. The average molecular weight is 160 g/mol. The highest BCUT2D eigenvalue weighted by atomic mass is 16.4. The van der Waals surface area contributed by atoms with Gasteiger partial charge >= 0.3 is 12.0 Å². The molecule has 11 heavy (non-hydrogen) atoms. The number of hydrogen-bond donors (Lipinski definition) is 3. The Bertz CT molecular complexity index is 158. The zero-order chi connectivity index (χ0) is 8.85. The van der Waals surface area contributed by atoms with Crippen molar-refractivity contribution >= 4 is 12.0 Å². The van der Waals surface area contributed by atoms with Crippen molar-refractivity contribution in [2.75, 3.05) is 6.54 Å². The zero-order valence-electron chi connectivity index (χ0n) is 6.55. The summed E-state index contributed by atoms with van der Waals surface area (Å²) in [5.74, 6) is -1.01. The van der Waals surface area contributed by atoms with Crippen LogP contribution in [0.15, 0.2) is 0 Å². The van der Waals surface area contributed by atoms with Crippen molar-refractivity contribution in [2.24, 2.45) is 0 Å². The quantitative estimate of drug-likeness (QED) is 0.496. The molecule has 5 nitrogen and oxygen atoms in total. The first kappa shape index (κ1) is 9.74. The molecule has 1 aliphatic heterocycles. The predicted molar refractivity (Wildman–Crippen MR) is 39.3 cm³/mol. The Morgan fingerprint density at radius 2 is 2.18 bits per heavy atom. The summed E-state index contributed by atoms with van der Waals surface area (Å²) in [6.07, 6.45) is 0. The predicted octanol–water partition coefficient (Wildman–Crippen LogP) is -0.221. The zero-order valence-corrected chi connectivity index (χ0v) is 6.55. The van der Waals surface area contributed by atoms with E-state index in [4.69, 9.17) is 5.11 Å². The van der Waals surface area contributed by atoms with E-state index in [9.17, 15) is 9.59 Å². The lowest BCUT2D eigenvalue weighted by atomic mass is 10.3. The number of rotatable bonds is 1. The second-order valence-corrected chi connectivity index (χ2v) is 1.75. The standard InChI is InChI=1S/C4H6N2O3.C2H6/c7-3(8)2-1-5-4(9)6-2;1-2/h2H,1H2,(H,7,8)(H2,5,6,9);1-2H3/t2-;/m0./s1. The monoisotopic (exact) mass is 160 g/mol. The molecule has 0 saturated carbocycles. The molecule has 1 atom stereocenters. The SMILES string of the molecule is CC.O=C1NC[C@@H](C(=O)O)N1. The molecule has 1 saturated heterocycles. The largest absolute Gasteiger partial charge is 0.480 e. The Labute approximate surface area is 64.8 Å². The number of carboxylic acid groups (broad SMARTS) is 1. The molecule has 2 amide bonds. The third-order valence-electron chi connectivity index (χ3n) is 1.07. The highest BCUT2D eigenvalue weighted by Gasteiger charge is 2.25. The van der Waals surface area contributed by atoms with Crippen LogP contribution in [0.25, 0.3) is 0 Å². The molecule has 1 fully saturated rings. The first-order valence-electron chi connectivity index (χ1n) is 3.47. The Kier molecular flexibility index (Phi) is 4.02. The number of amides is 2. The second kappa shape index (κ2) is 4.54. The summed E-state index contributed by atoms with van der Waals surface area (Å²) >= 11 is 0. The number of aliphatic carboxylic acids is 1. The normalized spacial score (nSPS) is 20.9. The summed E-state index contributed by atoms with van der Waals surface area (Å²) in [4.78, 5) is 20.4. The fourth-order valence-corrected chi connectivity index (χ4v) is 0.604. The molecule has 0 unspecified atom stereocenters. The number of nitrogens with one attached hydrogen (secondary N) is 2. The molecule has 64 valence electrons. The Hall–Kier alpha value is -1.26. The lowest BCUT2D eigenvalue weighted by Gasteiger charge is -1.97. The van der Waals surface area contributed by atoms with E-state index in [2.05, 4.69) is 10.6 Å². The molecule has 0 aromatic rings. The van der Waals surface area contributed by atoms with Crippen LogP contribution in [0.3, 0.4) is 0 Å². The smallest absolute Gasteiger partial charge is 0.328 e. The van der Waals surface area contributed by atoms with Crippen LogP contribution in [-0.4, -0.2) is 29.7 Å². The Balaban J connectivity index is 0.000000461. The lowest BCUT2D eigenvalue weighted by molar-refractivity contribution is -0.138. The van der Waals surface area contributed by atoms with Crippen molar-refractivity contribution in [1.29, 1.82) is 0 Å². The molecular weight excluding hydrogens is 148 g/mol. The molecule has 0 radical (unpaired) electrons. The van der Waals surface area contributed by atoms with E-state index < -0.39 is 18.0 Å². The molecule has 0 bridgehead atoms. The van der Waals surface area contributed by atoms with Crippen molar-refractivity contribution in [1.82, 2.24) is 10.6 Å². The molecule has 0 spiro atoms. The Morgan fingerprint density at radius 1 is 1.64 bits per heavy atom. The first-order valence-corrected chi connectivity index (χ1v) is 3.47. The molecule has 1 rings (SSSR count). The van der Waals surface area contributed by atoms with E-state index in [1.165, 1.54) is 0 Å². The van der Waals surface area contributed by atoms with E-state index >= 15 is 0 Å². The van der Waals surface area contributed by atoms with Gasteiger partial charge in [-0.1, -0.05) is 13.8 Å². The minimum Gasteiger partial charge on any atom is -0.480 e. The third kappa shape index (κ3) is 2.88. The van der Waals surface area contributed by atoms with E-state index in [0.717, 1.165) is 0 Å². The van der Waals surface area contributed by atoms with Crippen molar-refractivity contribution in [3.63, 3.8) is 0 Å². The topological polar surface area (TPSA) is 78.4 Å². The van der Waals surface area contributed by atoms with Gasteiger partial charge in [0, 0.05) is 0 Å². The van der Waals surface area contributed by atoms with Crippen LogP contribution in [0.4, 0.5) is 4.79 Å². The second-order valence-electron chi connectivity index (χ2n) is 1.75. The van der Waals surface area contributed by atoms with Crippen molar-refractivity contribution in [3.05, 3.63) is 0 Å². The summed E-state index contributed by atoms with van der Waals surface area (Å²) in [5.41, 5.74) is 0. The molecule has 1 heterocycles. The van der Waals surface area contributed by atoms with Crippen LogP contribution >= 0.6 is 0 Å². The fourth-order valence-electron chi connectivity index (χ4n) is 0.604. The first-order chi connectivity index (χ1) is 5.20. The molecule has 0 aromatic heterocycles.